The molecule has 1 N–H and O–H groups in total. The topological polar surface area (TPSA) is 66.7 Å². The van der Waals surface area contributed by atoms with Gasteiger partial charge >= 0.3 is 0 Å². The smallest absolute Gasteiger partial charge is 0.267 e. The highest BCUT2D eigenvalue weighted by Crippen LogP contribution is 2.34. The van der Waals surface area contributed by atoms with Gasteiger partial charge in [0.05, 0.1) is 10.5 Å². The standard InChI is InChI=1S/C28H30N4O2S2/c1-18-10-12-21(13-11-18)29-24-22(26(33)31-15-6-7-19(2)25(31)30-24)17-23-27(34)32(28(35)36-23)16-14-20-8-4-3-5-9-20/h3-9,15,17-18,21,29H,10-14,16H2,1-2H3/b23-17+. The van der Waals surface area contributed by atoms with Crippen molar-refractivity contribution in [1.29, 1.82) is 0 Å². The van der Waals surface area contributed by atoms with Crippen LogP contribution in [0.3, 0.4) is 0 Å². The Hall–Kier alpha value is -2.97. The van der Waals surface area contributed by atoms with E-state index in [1.165, 1.54) is 11.8 Å². The van der Waals surface area contributed by atoms with Gasteiger partial charge in [-0.05, 0) is 68.2 Å². The molecule has 1 saturated heterocycles. The van der Waals surface area contributed by atoms with Crippen LogP contribution in [-0.2, 0) is 11.2 Å². The fraction of sp³-hybridized carbons (Fsp3) is 0.357. The summed E-state index contributed by atoms with van der Waals surface area (Å²) in [6.45, 7) is 4.74. The van der Waals surface area contributed by atoms with Gasteiger partial charge in [0, 0.05) is 18.8 Å². The maximum atomic E-state index is 13.6. The summed E-state index contributed by atoms with van der Waals surface area (Å²) in [7, 11) is 0. The number of hydrogen-bond acceptors (Lipinski definition) is 6. The molecule has 6 nitrogen and oxygen atoms in total. The number of anilines is 1. The number of benzene rings is 1. The van der Waals surface area contributed by atoms with Crippen LogP contribution >= 0.6 is 24.0 Å². The molecule has 2 aliphatic rings. The second-order valence-corrected chi connectivity index (χ2v) is 11.4. The lowest BCUT2D eigenvalue weighted by atomic mass is 9.87. The van der Waals surface area contributed by atoms with E-state index in [0.717, 1.165) is 42.7 Å². The van der Waals surface area contributed by atoms with Crippen molar-refractivity contribution in [3.05, 3.63) is 80.6 Å². The minimum Gasteiger partial charge on any atom is -0.367 e. The Labute approximate surface area is 220 Å². The number of rotatable bonds is 6. The number of thiocarbonyl (C=S) groups is 1. The number of pyridine rings is 1. The minimum absolute atomic E-state index is 0.160. The lowest BCUT2D eigenvalue weighted by Gasteiger charge is -2.28. The highest BCUT2D eigenvalue weighted by molar-refractivity contribution is 8.26. The first kappa shape index (κ1) is 24.7. The van der Waals surface area contributed by atoms with Gasteiger partial charge in [0.2, 0.25) is 0 Å². The third-order valence-corrected chi connectivity index (χ3v) is 8.43. The Morgan fingerprint density at radius 1 is 1.11 bits per heavy atom. The van der Waals surface area contributed by atoms with E-state index < -0.39 is 0 Å². The molecule has 8 heteroatoms. The molecule has 186 valence electrons. The first-order valence-corrected chi connectivity index (χ1v) is 13.7. The number of thioether (sulfide) groups is 1. The van der Waals surface area contributed by atoms with E-state index in [9.17, 15) is 9.59 Å². The Bertz CT molecular complexity index is 1390. The van der Waals surface area contributed by atoms with Crippen molar-refractivity contribution in [3.63, 3.8) is 0 Å². The van der Waals surface area contributed by atoms with Crippen molar-refractivity contribution in [1.82, 2.24) is 14.3 Å². The van der Waals surface area contributed by atoms with E-state index in [1.54, 1.807) is 21.6 Å². The SMILES string of the molecule is Cc1cccn2c(=O)c(/C=C3/SC(=S)N(CCc4ccccc4)C3=O)c(NC3CCC(C)CC3)nc12. The van der Waals surface area contributed by atoms with Crippen molar-refractivity contribution in [2.45, 2.75) is 52.0 Å². The zero-order chi connectivity index (χ0) is 25.2. The molecule has 36 heavy (non-hydrogen) atoms. The maximum absolute atomic E-state index is 13.6. The van der Waals surface area contributed by atoms with Gasteiger partial charge in [-0.25, -0.2) is 4.98 Å². The number of fused-ring (bicyclic) bond motifs is 1. The Kier molecular flexibility index (Phi) is 7.25. The van der Waals surface area contributed by atoms with Crippen molar-refractivity contribution in [2.24, 2.45) is 5.92 Å². The van der Waals surface area contributed by atoms with Crippen LogP contribution in [0.2, 0.25) is 0 Å². The van der Waals surface area contributed by atoms with Crippen molar-refractivity contribution in [2.75, 3.05) is 11.9 Å². The van der Waals surface area contributed by atoms with Gasteiger partial charge in [-0.3, -0.25) is 18.9 Å². The summed E-state index contributed by atoms with van der Waals surface area (Å²) in [5, 5.41) is 3.55. The molecular weight excluding hydrogens is 488 g/mol. The second-order valence-electron chi connectivity index (χ2n) is 9.73. The summed E-state index contributed by atoms with van der Waals surface area (Å²) in [4.78, 5) is 33.9. The van der Waals surface area contributed by atoms with Crippen LogP contribution in [0.15, 0.2) is 58.4 Å². The average molecular weight is 519 g/mol. The number of carbonyl (C=O) groups excluding carboxylic acids is 1. The Morgan fingerprint density at radius 2 is 1.86 bits per heavy atom. The zero-order valence-corrected chi connectivity index (χ0v) is 22.2. The fourth-order valence-corrected chi connectivity index (χ4v) is 6.15. The predicted octanol–water partition coefficient (Wildman–Crippen LogP) is 5.44. The van der Waals surface area contributed by atoms with Gasteiger partial charge < -0.3 is 5.32 Å². The van der Waals surface area contributed by atoms with Gasteiger partial charge in [-0.15, -0.1) is 0 Å². The van der Waals surface area contributed by atoms with Crippen LogP contribution in [0.1, 0.15) is 49.3 Å². The maximum Gasteiger partial charge on any atom is 0.267 e. The van der Waals surface area contributed by atoms with Crippen LogP contribution in [0, 0.1) is 12.8 Å². The number of nitrogens with zero attached hydrogens (tertiary/aromatic N) is 3. The molecule has 2 fully saturated rings. The molecule has 0 unspecified atom stereocenters. The third-order valence-electron chi connectivity index (χ3n) is 7.06. The molecule has 1 aromatic carbocycles. The normalized spacial score (nSPS) is 21.5. The molecule has 3 aromatic rings. The highest BCUT2D eigenvalue weighted by atomic mass is 32.2. The van der Waals surface area contributed by atoms with Crippen LogP contribution in [0.4, 0.5) is 5.82 Å². The highest BCUT2D eigenvalue weighted by Gasteiger charge is 2.32. The Balaban J connectivity index is 1.48. The van der Waals surface area contributed by atoms with Crippen LogP contribution in [0.5, 0.6) is 0 Å². The average Bonchev–Trinajstić information content (AvgIpc) is 3.14. The summed E-state index contributed by atoms with van der Waals surface area (Å²) in [6, 6.07) is 14.1. The number of aromatic nitrogens is 2. The molecule has 1 aliphatic heterocycles. The molecule has 3 heterocycles. The lowest BCUT2D eigenvalue weighted by molar-refractivity contribution is -0.122. The number of carbonyl (C=O) groups is 1. The fourth-order valence-electron chi connectivity index (χ4n) is 4.86. The molecule has 0 bridgehead atoms. The van der Waals surface area contributed by atoms with Gasteiger partial charge in [0.1, 0.15) is 15.8 Å². The van der Waals surface area contributed by atoms with Crippen LogP contribution in [-0.4, -0.2) is 37.1 Å². The number of amides is 1. The first-order chi connectivity index (χ1) is 17.4. The molecule has 0 radical (unpaired) electrons. The number of nitrogens with one attached hydrogen (secondary N) is 1. The van der Waals surface area contributed by atoms with Crippen LogP contribution < -0.4 is 10.9 Å². The van der Waals surface area contributed by atoms with Gasteiger partial charge in [-0.2, -0.15) is 0 Å². The van der Waals surface area contributed by atoms with E-state index in [0.29, 0.717) is 39.2 Å². The summed E-state index contributed by atoms with van der Waals surface area (Å²) in [5.74, 6) is 1.10. The van der Waals surface area contributed by atoms with E-state index in [-0.39, 0.29) is 17.5 Å². The van der Waals surface area contributed by atoms with Crippen molar-refractivity contribution in [3.8, 4) is 0 Å². The summed E-state index contributed by atoms with van der Waals surface area (Å²) < 4.78 is 2.08. The van der Waals surface area contributed by atoms with Crippen molar-refractivity contribution >= 4 is 51.7 Å². The molecule has 1 aliphatic carbocycles. The molecule has 1 amide bonds. The quantitative estimate of drug-likeness (QED) is 0.346. The third kappa shape index (κ3) is 5.11. The second kappa shape index (κ2) is 10.6. The number of hydrogen-bond donors (Lipinski definition) is 1. The van der Waals surface area contributed by atoms with E-state index in [4.69, 9.17) is 17.2 Å². The van der Waals surface area contributed by atoms with Gasteiger partial charge in [-0.1, -0.05) is 67.3 Å². The zero-order valence-electron chi connectivity index (χ0n) is 20.6. The van der Waals surface area contributed by atoms with E-state index in [2.05, 4.69) is 12.2 Å². The monoisotopic (exact) mass is 518 g/mol. The summed E-state index contributed by atoms with van der Waals surface area (Å²) in [5.41, 5.74) is 2.91. The molecule has 0 atom stereocenters. The van der Waals surface area contributed by atoms with Crippen molar-refractivity contribution < 1.29 is 4.79 Å². The Morgan fingerprint density at radius 3 is 2.61 bits per heavy atom. The van der Waals surface area contributed by atoms with Gasteiger partial charge in [0.15, 0.2) is 0 Å². The molecule has 2 aromatic heterocycles. The lowest BCUT2D eigenvalue weighted by Crippen LogP contribution is -2.30. The molecular formula is C28H30N4O2S2. The van der Waals surface area contributed by atoms with E-state index >= 15 is 0 Å². The summed E-state index contributed by atoms with van der Waals surface area (Å²) >= 11 is 6.79. The molecule has 0 spiro atoms. The van der Waals surface area contributed by atoms with Gasteiger partial charge in [0.25, 0.3) is 11.5 Å². The predicted molar refractivity (Wildman–Crippen MR) is 151 cm³/mol. The van der Waals surface area contributed by atoms with E-state index in [1.807, 2.05) is 49.4 Å². The summed E-state index contributed by atoms with van der Waals surface area (Å²) in [6.07, 6.45) is 8.50. The largest absolute Gasteiger partial charge is 0.367 e. The molecule has 1 saturated carbocycles. The molecule has 5 rings (SSSR count). The van der Waals surface area contributed by atoms with Crippen LogP contribution in [0.25, 0.3) is 11.7 Å². The minimum atomic E-state index is -0.190. The first-order valence-electron chi connectivity index (χ1n) is 12.5. The number of aryl methyl sites for hydroxylation is 1.